The number of hydroxylamine groups is 1. The second kappa shape index (κ2) is 8.70. The Morgan fingerprint density at radius 3 is 2.26 bits per heavy atom. The molecule has 0 aliphatic heterocycles. The summed E-state index contributed by atoms with van der Waals surface area (Å²) in [5.74, 6) is 7.49. The number of Topliss-reactive ketones (excluding diaryl/α,β-unsaturated/α-hetero) is 1. The summed E-state index contributed by atoms with van der Waals surface area (Å²) in [4.78, 5) is 16.8. The molecule has 0 heterocycles. The average molecular weight is 322 g/mol. The quantitative estimate of drug-likeness (QED) is 0.370. The zero-order valence-corrected chi connectivity index (χ0v) is 15.6. The van der Waals surface area contributed by atoms with Crippen molar-refractivity contribution in [1.29, 1.82) is 0 Å². The van der Waals surface area contributed by atoms with Crippen molar-refractivity contribution in [2.45, 2.75) is 25.8 Å². The van der Waals surface area contributed by atoms with Crippen LogP contribution in [-0.2, 0) is 11.4 Å². The van der Waals surface area contributed by atoms with Crippen LogP contribution in [0.15, 0.2) is 54.6 Å². The predicted molar refractivity (Wildman–Crippen MR) is 83.9 cm³/mol. The molecule has 2 rings (SSSR count). The van der Waals surface area contributed by atoms with Gasteiger partial charge in [0.25, 0.3) is 0 Å². The summed E-state index contributed by atoms with van der Waals surface area (Å²) in [7, 11) is 0. The molecule has 0 aliphatic rings. The Bertz CT molecular complexity index is 634. The number of nitrogens with one attached hydrogen (secondary N) is 1. The van der Waals surface area contributed by atoms with Gasteiger partial charge in [-0.2, -0.15) is 4.99 Å². The number of hydrogen-bond acceptors (Lipinski definition) is 4. The van der Waals surface area contributed by atoms with Gasteiger partial charge in [0.2, 0.25) is 0 Å². The Balaban J connectivity index is 0.00000264. The van der Waals surface area contributed by atoms with Gasteiger partial charge in [0.05, 0.1) is 5.54 Å². The van der Waals surface area contributed by atoms with Gasteiger partial charge in [-0.3, -0.25) is 4.79 Å². The Labute approximate surface area is 158 Å². The van der Waals surface area contributed by atoms with Crippen molar-refractivity contribution in [3.8, 4) is 0 Å². The monoisotopic (exact) mass is 322 g/mol. The molecule has 6 heteroatoms. The SMILES string of the molecule is Cc1ccc(CC(C)(C(=O)c2ccccc2)N([NH-])OO)cc1.[Na+]. The van der Waals surface area contributed by atoms with Crippen LogP contribution in [0.2, 0.25) is 0 Å². The molecule has 0 radical (unpaired) electrons. The van der Waals surface area contributed by atoms with Crippen molar-refractivity contribution in [2.75, 3.05) is 0 Å². The van der Waals surface area contributed by atoms with Crippen LogP contribution in [-0.4, -0.2) is 21.8 Å². The van der Waals surface area contributed by atoms with Crippen LogP contribution < -0.4 is 29.6 Å². The van der Waals surface area contributed by atoms with E-state index in [1.807, 2.05) is 37.3 Å². The molecule has 5 nitrogen and oxygen atoms in total. The number of carbonyl (C=O) groups is 1. The van der Waals surface area contributed by atoms with E-state index in [1.165, 1.54) is 0 Å². The molecule has 2 aromatic carbocycles. The molecule has 0 bridgehead atoms. The molecule has 23 heavy (non-hydrogen) atoms. The fourth-order valence-corrected chi connectivity index (χ4v) is 2.34. The van der Waals surface area contributed by atoms with Crippen LogP contribution in [0.1, 0.15) is 28.4 Å². The van der Waals surface area contributed by atoms with E-state index in [9.17, 15) is 4.79 Å². The normalized spacial score (nSPS) is 13.3. The molecule has 2 aromatic rings. The number of hydrogen-bond donors (Lipinski definition) is 1. The Morgan fingerprint density at radius 2 is 1.74 bits per heavy atom. The van der Waals surface area contributed by atoms with Crippen LogP contribution in [0.4, 0.5) is 0 Å². The predicted octanol–water partition coefficient (Wildman–Crippen LogP) is 0.857. The summed E-state index contributed by atoms with van der Waals surface area (Å²) in [5.41, 5.74) is 1.12. The molecule has 0 amide bonds. The van der Waals surface area contributed by atoms with E-state index in [0.29, 0.717) is 10.7 Å². The third kappa shape index (κ3) is 4.71. The maximum absolute atomic E-state index is 12.8. The Kier molecular flexibility index (Phi) is 7.57. The third-order valence-corrected chi connectivity index (χ3v) is 3.72. The maximum Gasteiger partial charge on any atom is 1.00 e. The molecule has 2 N–H and O–H groups in total. The van der Waals surface area contributed by atoms with Crippen molar-refractivity contribution in [3.63, 3.8) is 0 Å². The first-order valence-electron chi connectivity index (χ1n) is 6.96. The summed E-state index contributed by atoms with van der Waals surface area (Å²) in [6.45, 7) is 3.55. The van der Waals surface area contributed by atoms with Crippen molar-refractivity contribution in [2.24, 2.45) is 0 Å². The van der Waals surface area contributed by atoms with E-state index in [1.54, 1.807) is 31.2 Å². The topological polar surface area (TPSA) is 73.6 Å². The standard InChI is InChI=1S/C17H19N2O3.Na/c1-13-8-10-14(11-9-13)12-17(2,19(18)22-21)16(20)15-6-4-3-5-7-15;/h3-11,18,21H,12H2,1-2H3;/q-1;+1. The smallest absolute Gasteiger partial charge is 0.581 e. The molecule has 0 aliphatic carbocycles. The van der Waals surface area contributed by atoms with Gasteiger partial charge >= 0.3 is 29.6 Å². The molecule has 0 spiro atoms. The van der Waals surface area contributed by atoms with E-state index in [4.69, 9.17) is 11.1 Å². The summed E-state index contributed by atoms with van der Waals surface area (Å²) in [5, 5.41) is 9.32. The minimum atomic E-state index is -1.34. The van der Waals surface area contributed by atoms with Gasteiger partial charge in [-0.15, -0.1) is 0 Å². The molecule has 1 atom stereocenters. The summed E-state index contributed by atoms with van der Waals surface area (Å²) < 4.78 is 0. The molecule has 116 valence electrons. The van der Waals surface area contributed by atoms with Gasteiger partial charge in [0.15, 0.2) is 5.78 Å². The molecule has 1 unspecified atom stereocenters. The van der Waals surface area contributed by atoms with Crippen LogP contribution in [0, 0.1) is 6.92 Å². The largest absolute Gasteiger partial charge is 1.00 e. The molecule has 0 aromatic heterocycles. The minimum absolute atomic E-state index is 0. The molecule has 0 saturated carbocycles. The van der Waals surface area contributed by atoms with Crippen molar-refractivity contribution < 1.29 is 44.6 Å². The Hall–Kier alpha value is -1.05. The van der Waals surface area contributed by atoms with E-state index < -0.39 is 5.54 Å². The Morgan fingerprint density at radius 1 is 1.17 bits per heavy atom. The van der Waals surface area contributed by atoms with E-state index in [2.05, 4.69) is 4.99 Å². The van der Waals surface area contributed by atoms with Crippen molar-refractivity contribution in [1.82, 2.24) is 5.17 Å². The van der Waals surface area contributed by atoms with Gasteiger partial charge in [-0.25, -0.2) is 10.4 Å². The summed E-state index contributed by atoms with van der Waals surface area (Å²) in [6.07, 6.45) is 0.241. The minimum Gasteiger partial charge on any atom is -0.581 e. The first kappa shape index (κ1) is 20.0. The van der Waals surface area contributed by atoms with Crippen LogP contribution in [0.25, 0.3) is 5.84 Å². The van der Waals surface area contributed by atoms with E-state index in [-0.39, 0.29) is 41.8 Å². The van der Waals surface area contributed by atoms with E-state index in [0.717, 1.165) is 11.1 Å². The van der Waals surface area contributed by atoms with Gasteiger partial charge in [-0.1, -0.05) is 60.2 Å². The fourth-order valence-electron chi connectivity index (χ4n) is 2.34. The zero-order chi connectivity index (χ0) is 16.2. The zero-order valence-electron chi connectivity index (χ0n) is 13.6. The van der Waals surface area contributed by atoms with Gasteiger partial charge in [-0.05, 0) is 25.8 Å². The number of ketones is 1. The average Bonchev–Trinajstić information content (AvgIpc) is 2.56. The molecule has 0 fully saturated rings. The molecular weight excluding hydrogens is 303 g/mol. The first-order valence-corrected chi connectivity index (χ1v) is 6.96. The van der Waals surface area contributed by atoms with Gasteiger partial charge in [0, 0.05) is 5.56 Å². The molecular formula is C17H19N2NaO3. The van der Waals surface area contributed by atoms with Crippen LogP contribution in [0.3, 0.4) is 0 Å². The number of rotatable bonds is 6. The molecule has 0 saturated heterocycles. The van der Waals surface area contributed by atoms with Crippen LogP contribution >= 0.6 is 0 Å². The summed E-state index contributed by atoms with van der Waals surface area (Å²) in [6, 6.07) is 16.4. The number of nitrogens with zero attached hydrogens (tertiary/aromatic N) is 1. The van der Waals surface area contributed by atoms with Gasteiger partial charge < -0.3 is 5.84 Å². The number of benzene rings is 2. The number of aryl methyl sites for hydroxylation is 1. The van der Waals surface area contributed by atoms with Crippen molar-refractivity contribution in [3.05, 3.63) is 77.1 Å². The third-order valence-electron chi connectivity index (χ3n) is 3.72. The summed E-state index contributed by atoms with van der Waals surface area (Å²) >= 11 is 0. The first-order chi connectivity index (χ1) is 10.5. The number of carbonyl (C=O) groups excluding carboxylic acids is 1. The van der Waals surface area contributed by atoms with Crippen molar-refractivity contribution >= 4 is 5.78 Å². The van der Waals surface area contributed by atoms with E-state index >= 15 is 0 Å². The van der Waals surface area contributed by atoms with Gasteiger partial charge in [0.1, 0.15) is 0 Å². The second-order valence-electron chi connectivity index (χ2n) is 5.51. The van der Waals surface area contributed by atoms with Crippen LogP contribution in [0.5, 0.6) is 0 Å². The fraction of sp³-hybridized carbons (Fsp3) is 0.235. The maximum atomic E-state index is 12.8. The second-order valence-corrected chi connectivity index (χ2v) is 5.51.